The second-order valence-corrected chi connectivity index (χ2v) is 4.26. The number of methoxy groups -OCH3 is 1. The van der Waals surface area contributed by atoms with E-state index in [4.69, 9.17) is 15.6 Å². The van der Waals surface area contributed by atoms with E-state index in [1.807, 2.05) is 0 Å². The first-order valence-corrected chi connectivity index (χ1v) is 5.85. The average Bonchev–Trinajstić information content (AvgIpc) is 2.80. The Balaban J connectivity index is 2.73. The fraction of sp³-hybridized carbons (Fsp3) is 0.818. The minimum atomic E-state index is -1.00. The second kappa shape index (κ2) is 6.56. The molecule has 1 fully saturated rings. The highest BCUT2D eigenvalue weighted by Gasteiger charge is 2.32. The normalized spacial score (nSPS) is 18.0. The maximum Gasteiger partial charge on any atom is 0.323 e. The first kappa shape index (κ1) is 13.9. The highest BCUT2D eigenvalue weighted by Crippen LogP contribution is 2.24. The van der Waals surface area contributed by atoms with Crippen molar-refractivity contribution >= 4 is 11.9 Å². The van der Waals surface area contributed by atoms with E-state index < -0.39 is 12.1 Å². The molecule has 0 spiro atoms. The van der Waals surface area contributed by atoms with Gasteiger partial charge in [0.05, 0.1) is 0 Å². The van der Waals surface area contributed by atoms with Crippen LogP contribution in [0.25, 0.3) is 0 Å². The molecule has 1 unspecified atom stereocenters. The van der Waals surface area contributed by atoms with Crippen LogP contribution in [-0.4, -0.2) is 54.2 Å². The average molecular weight is 244 g/mol. The summed E-state index contributed by atoms with van der Waals surface area (Å²) in [7, 11) is 1.41. The van der Waals surface area contributed by atoms with Crippen molar-refractivity contribution < 1.29 is 19.4 Å². The van der Waals surface area contributed by atoms with E-state index in [0.29, 0.717) is 0 Å². The number of carbonyl (C=O) groups is 2. The van der Waals surface area contributed by atoms with Crippen LogP contribution >= 0.6 is 0 Å². The van der Waals surface area contributed by atoms with Gasteiger partial charge >= 0.3 is 5.97 Å². The molecular weight excluding hydrogens is 224 g/mol. The third-order valence-corrected chi connectivity index (χ3v) is 3.13. The Kier molecular flexibility index (Phi) is 5.37. The number of aliphatic carboxylic acids is 1. The molecule has 0 aromatic heterocycles. The molecule has 0 aromatic rings. The molecule has 0 aromatic carbocycles. The fourth-order valence-electron chi connectivity index (χ4n) is 2.23. The van der Waals surface area contributed by atoms with Crippen molar-refractivity contribution in [3.63, 3.8) is 0 Å². The van der Waals surface area contributed by atoms with Gasteiger partial charge in [-0.15, -0.1) is 0 Å². The van der Waals surface area contributed by atoms with Gasteiger partial charge in [-0.25, -0.2) is 0 Å². The third kappa shape index (κ3) is 3.67. The maximum absolute atomic E-state index is 12.1. The summed E-state index contributed by atoms with van der Waals surface area (Å²) in [5.41, 5.74) is 5.43. The van der Waals surface area contributed by atoms with Gasteiger partial charge in [-0.05, 0) is 12.8 Å². The molecule has 3 N–H and O–H groups in total. The standard InChI is InChI=1S/C11H20N2O4/c1-17-9(6-12)11(16)13(7-10(14)15)8-4-2-3-5-8/h8-9H,2-7,12H2,1H3,(H,14,15). The Labute approximate surface area is 101 Å². The van der Waals surface area contributed by atoms with Crippen molar-refractivity contribution in [1.29, 1.82) is 0 Å². The van der Waals surface area contributed by atoms with Crippen molar-refractivity contribution in [3.05, 3.63) is 0 Å². The Morgan fingerprint density at radius 2 is 2.06 bits per heavy atom. The lowest BCUT2D eigenvalue weighted by molar-refractivity contribution is -0.151. The minimum Gasteiger partial charge on any atom is -0.480 e. The molecule has 1 aliphatic rings. The zero-order valence-corrected chi connectivity index (χ0v) is 10.1. The number of rotatable bonds is 6. The van der Waals surface area contributed by atoms with Crippen molar-refractivity contribution in [3.8, 4) is 0 Å². The summed E-state index contributed by atoms with van der Waals surface area (Å²) in [4.78, 5) is 24.3. The fourth-order valence-corrected chi connectivity index (χ4v) is 2.23. The van der Waals surface area contributed by atoms with Crippen LogP contribution in [0, 0.1) is 0 Å². The molecule has 1 rings (SSSR count). The third-order valence-electron chi connectivity index (χ3n) is 3.13. The summed E-state index contributed by atoms with van der Waals surface area (Å²) in [5, 5.41) is 8.85. The predicted octanol–water partition coefficient (Wildman–Crippen LogP) is -0.184. The number of carboxylic acid groups (broad SMARTS) is 1. The Morgan fingerprint density at radius 1 is 1.47 bits per heavy atom. The smallest absolute Gasteiger partial charge is 0.323 e. The van der Waals surface area contributed by atoms with Gasteiger partial charge in [0.2, 0.25) is 0 Å². The quantitative estimate of drug-likeness (QED) is 0.676. The highest BCUT2D eigenvalue weighted by atomic mass is 16.5. The van der Waals surface area contributed by atoms with Crippen LogP contribution < -0.4 is 5.73 Å². The molecule has 0 radical (unpaired) electrons. The van der Waals surface area contributed by atoms with Crippen LogP contribution in [-0.2, 0) is 14.3 Å². The van der Waals surface area contributed by atoms with Gasteiger partial charge in [0.1, 0.15) is 12.6 Å². The van der Waals surface area contributed by atoms with E-state index in [-0.39, 0.29) is 25.0 Å². The van der Waals surface area contributed by atoms with Crippen molar-refractivity contribution in [1.82, 2.24) is 4.90 Å². The van der Waals surface area contributed by atoms with E-state index in [1.165, 1.54) is 12.0 Å². The number of nitrogens with two attached hydrogens (primary N) is 1. The molecular formula is C11H20N2O4. The van der Waals surface area contributed by atoms with Gasteiger partial charge < -0.3 is 20.5 Å². The van der Waals surface area contributed by atoms with Gasteiger partial charge in [-0.3, -0.25) is 9.59 Å². The summed E-state index contributed by atoms with van der Waals surface area (Å²) in [6.45, 7) is -0.207. The molecule has 1 amide bonds. The monoisotopic (exact) mass is 244 g/mol. The number of hydrogen-bond acceptors (Lipinski definition) is 4. The Hall–Kier alpha value is -1.14. The molecule has 1 aliphatic carbocycles. The van der Waals surface area contributed by atoms with Gasteiger partial charge in [0.15, 0.2) is 0 Å². The molecule has 98 valence electrons. The van der Waals surface area contributed by atoms with E-state index in [1.54, 1.807) is 0 Å². The lowest BCUT2D eigenvalue weighted by Gasteiger charge is -2.30. The van der Waals surface area contributed by atoms with Crippen LogP contribution in [0.5, 0.6) is 0 Å². The maximum atomic E-state index is 12.1. The predicted molar refractivity (Wildman–Crippen MR) is 61.5 cm³/mol. The summed E-state index contributed by atoms with van der Waals surface area (Å²) in [6.07, 6.45) is 3.05. The lowest BCUT2D eigenvalue weighted by Crippen LogP contribution is -2.49. The van der Waals surface area contributed by atoms with Crippen molar-refractivity contribution in [2.45, 2.75) is 37.8 Å². The van der Waals surface area contributed by atoms with Gasteiger partial charge in [0, 0.05) is 19.7 Å². The molecule has 1 saturated carbocycles. The number of hydrogen-bond donors (Lipinski definition) is 2. The van der Waals surface area contributed by atoms with Gasteiger partial charge in [0.25, 0.3) is 5.91 Å². The topological polar surface area (TPSA) is 92.9 Å². The molecule has 6 nitrogen and oxygen atoms in total. The van der Waals surface area contributed by atoms with E-state index in [0.717, 1.165) is 25.7 Å². The molecule has 0 saturated heterocycles. The Bertz CT molecular complexity index is 273. The summed E-state index contributed by atoms with van der Waals surface area (Å²) < 4.78 is 4.97. The molecule has 6 heteroatoms. The van der Waals surface area contributed by atoms with Gasteiger partial charge in [-0.1, -0.05) is 12.8 Å². The number of carboxylic acids is 1. The van der Waals surface area contributed by atoms with E-state index in [2.05, 4.69) is 0 Å². The van der Waals surface area contributed by atoms with Crippen molar-refractivity contribution in [2.24, 2.45) is 5.73 Å². The number of ether oxygens (including phenoxy) is 1. The molecule has 0 bridgehead atoms. The van der Waals surface area contributed by atoms with E-state index >= 15 is 0 Å². The summed E-state index contributed by atoms with van der Waals surface area (Å²) in [6, 6.07) is 0.0165. The van der Waals surface area contributed by atoms with Crippen LogP contribution in [0.4, 0.5) is 0 Å². The number of amides is 1. The van der Waals surface area contributed by atoms with Gasteiger partial charge in [-0.2, -0.15) is 0 Å². The molecule has 0 aliphatic heterocycles. The first-order chi connectivity index (χ1) is 8.10. The van der Waals surface area contributed by atoms with Crippen LogP contribution in [0.1, 0.15) is 25.7 Å². The Morgan fingerprint density at radius 3 is 2.47 bits per heavy atom. The van der Waals surface area contributed by atoms with Crippen LogP contribution in [0.2, 0.25) is 0 Å². The first-order valence-electron chi connectivity index (χ1n) is 5.85. The minimum absolute atomic E-state index is 0.0165. The number of nitrogens with zero attached hydrogens (tertiary/aromatic N) is 1. The number of carbonyl (C=O) groups excluding carboxylic acids is 1. The van der Waals surface area contributed by atoms with E-state index in [9.17, 15) is 9.59 Å². The molecule has 17 heavy (non-hydrogen) atoms. The lowest BCUT2D eigenvalue weighted by atomic mass is 10.1. The summed E-state index contributed by atoms with van der Waals surface area (Å²) in [5.74, 6) is -1.32. The zero-order chi connectivity index (χ0) is 12.8. The zero-order valence-electron chi connectivity index (χ0n) is 10.1. The second-order valence-electron chi connectivity index (χ2n) is 4.26. The van der Waals surface area contributed by atoms with Crippen LogP contribution in [0.3, 0.4) is 0 Å². The SMILES string of the molecule is COC(CN)C(=O)N(CC(=O)O)C1CCCC1. The van der Waals surface area contributed by atoms with Crippen LogP contribution in [0.15, 0.2) is 0 Å². The molecule has 0 heterocycles. The molecule has 1 atom stereocenters. The highest BCUT2D eigenvalue weighted by molar-refractivity contribution is 5.85. The largest absolute Gasteiger partial charge is 0.480 e. The van der Waals surface area contributed by atoms with Crippen molar-refractivity contribution in [2.75, 3.05) is 20.2 Å². The summed E-state index contributed by atoms with van der Waals surface area (Å²) >= 11 is 0.